The molecule has 27 heavy (non-hydrogen) atoms. The van der Waals surface area contributed by atoms with Gasteiger partial charge in [-0.05, 0) is 39.0 Å². The zero-order chi connectivity index (χ0) is 19.7. The van der Waals surface area contributed by atoms with Crippen LogP contribution in [0.4, 0.5) is 5.69 Å². The number of nitrogens with zero attached hydrogens (tertiary/aromatic N) is 2. The molecule has 1 unspecified atom stereocenters. The Balaban J connectivity index is 1.95. The van der Waals surface area contributed by atoms with Crippen molar-refractivity contribution < 1.29 is 9.53 Å². The average Bonchev–Trinajstić information content (AvgIpc) is 3.03. The zero-order valence-electron chi connectivity index (χ0n) is 15.8. The Bertz CT molecular complexity index is 997. The van der Waals surface area contributed by atoms with E-state index >= 15 is 0 Å². The third-order valence-electron chi connectivity index (χ3n) is 4.44. The van der Waals surface area contributed by atoms with Crippen LogP contribution in [-0.2, 0) is 0 Å². The topological polar surface area (TPSA) is 82.2 Å². The fraction of sp³-hybridized carbons (Fsp3) is 0.300. The summed E-state index contributed by atoms with van der Waals surface area (Å²) in [5, 5.41) is 3.30. The third kappa shape index (κ3) is 3.57. The molecule has 3 rings (SSSR count). The number of para-hydroxylation sites is 2. The molecule has 1 amide bonds. The van der Waals surface area contributed by atoms with E-state index in [-0.39, 0.29) is 18.0 Å². The van der Waals surface area contributed by atoms with E-state index in [2.05, 4.69) is 23.7 Å². The SMILES string of the molecule is COc1cc(N)c(Cl)cc1C(=O)NC(C)c1nc2ccccc2n1C(C)C. The number of aromatic nitrogens is 2. The molecule has 0 spiro atoms. The molecule has 0 aliphatic carbocycles. The van der Waals surface area contributed by atoms with Crippen LogP contribution in [0.2, 0.25) is 5.02 Å². The Morgan fingerprint density at radius 1 is 1.26 bits per heavy atom. The van der Waals surface area contributed by atoms with Crippen molar-refractivity contribution in [2.75, 3.05) is 12.8 Å². The van der Waals surface area contributed by atoms with Crippen molar-refractivity contribution in [3.63, 3.8) is 0 Å². The predicted octanol–water partition coefficient (Wildman–Crippen LogP) is 4.35. The molecule has 0 saturated carbocycles. The van der Waals surface area contributed by atoms with Gasteiger partial charge in [0.15, 0.2) is 0 Å². The molecule has 2 aromatic carbocycles. The van der Waals surface area contributed by atoms with Crippen LogP contribution in [0.5, 0.6) is 5.75 Å². The van der Waals surface area contributed by atoms with Gasteiger partial charge in [0.1, 0.15) is 11.6 Å². The van der Waals surface area contributed by atoms with Crippen LogP contribution in [0.15, 0.2) is 36.4 Å². The number of hydrogen-bond acceptors (Lipinski definition) is 4. The molecule has 3 N–H and O–H groups in total. The van der Waals surface area contributed by atoms with E-state index in [1.54, 1.807) is 6.07 Å². The summed E-state index contributed by atoms with van der Waals surface area (Å²) in [6.07, 6.45) is 0. The number of rotatable bonds is 5. The van der Waals surface area contributed by atoms with Crippen LogP contribution < -0.4 is 15.8 Å². The van der Waals surface area contributed by atoms with Crippen molar-refractivity contribution in [1.82, 2.24) is 14.9 Å². The summed E-state index contributed by atoms with van der Waals surface area (Å²) in [6.45, 7) is 6.09. The maximum atomic E-state index is 12.8. The van der Waals surface area contributed by atoms with Gasteiger partial charge in [-0.3, -0.25) is 4.79 Å². The zero-order valence-corrected chi connectivity index (χ0v) is 16.5. The highest BCUT2D eigenvalue weighted by molar-refractivity contribution is 6.33. The normalized spacial score (nSPS) is 12.4. The molecule has 1 aromatic heterocycles. The number of fused-ring (bicyclic) bond motifs is 1. The monoisotopic (exact) mass is 386 g/mol. The number of hydrogen-bond donors (Lipinski definition) is 2. The van der Waals surface area contributed by atoms with E-state index in [9.17, 15) is 4.79 Å². The van der Waals surface area contributed by atoms with Crippen LogP contribution >= 0.6 is 11.6 Å². The van der Waals surface area contributed by atoms with Gasteiger partial charge >= 0.3 is 0 Å². The quantitative estimate of drug-likeness (QED) is 0.638. The van der Waals surface area contributed by atoms with Gasteiger partial charge in [0.25, 0.3) is 5.91 Å². The van der Waals surface area contributed by atoms with Gasteiger partial charge in [-0.2, -0.15) is 0 Å². The summed E-state index contributed by atoms with van der Waals surface area (Å²) in [5.41, 5.74) is 8.42. The average molecular weight is 387 g/mol. The number of benzene rings is 2. The van der Waals surface area contributed by atoms with Gasteiger partial charge in [0, 0.05) is 12.1 Å². The van der Waals surface area contributed by atoms with Crippen LogP contribution in [-0.4, -0.2) is 22.6 Å². The molecule has 1 atom stereocenters. The number of ether oxygens (including phenoxy) is 1. The van der Waals surface area contributed by atoms with Crippen LogP contribution in [0, 0.1) is 0 Å². The van der Waals surface area contributed by atoms with Gasteiger partial charge in [0.05, 0.1) is 40.5 Å². The first kappa shape index (κ1) is 19.0. The van der Waals surface area contributed by atoms with Crippen molar-refractivity contribution in [2.24, 2.45) is 0 Å². The van der Waals surface area contributed by atoms with Gasteiger partial charge in [0.2, 0.25) is 0 Å². The van der Waals surface area contributed by atoms with E-state index in [0.717, 1.165) is 16.9 Å². The minimum Gasteiger partial charge on any atom is -0.496 e. The minimum atomic E-state index is -0.312. The predicted molar refractivity (Wildman–Crippen MR) is 108 cm³/mol. The smallest absolute Gasteiger partial charge is 0.255 e. The van der Waals surface area contributed by atoms with E-state index in [4.69, 9.17) is 27.1 Å². The third-order valence-corrected chi connectivity index (χ3v) is 4.77. The highest BCUT2D eigenvalue weighted by atomic mass is 35.5. The standard InChI is InChI=1S/C20H23ClN4O2/c1-11(2)25-17-8-6-5-7-16(17)24-19(25)12(3)23-20(26)13-9-14(21)15(22)10-18(13)27-4/h5-12H,22H2,1-4H3,(H,23,26). The molecule has 3 aromatic rings. The molecule has 0 aliphatic heterocycles. The van der Waals surface area contributed by atoms with Crippen LogP contribution in [0.3, 0.4) is 0 Å². The number of nitrogens with one attached hydrogen (secondary N) is 1. The van der Waals surface area contributed by atoms with Gasteiger partial charge < -0.3 is 20.4 Å². The summed E-state index contributed by atoms with van der Waals surface area (Å²) < 4.78 is 7.41. The molecule has 0 fully saturated rings. The van der Waals surface area contributed by atoms with Crippen LogP contribution in [0.1, 0.15) is 49.0 Å². The first-order chi connectivity index (χ1) is 12.8. The number of halogens is 1. The first-order valence-electron chi connectivity index (χ1n) is 8.74. The Labute approximate surface area is 163 Å². The Morgan fingerprint density at radius 3 is 2.63 bits per heavy atom. The van der Waals surface area contributed by atoms with Crippen molar-refractivity contribution >= 4 is 34.2 Å². The molecule has 7 heteroatoms. The van der Waals surface area contributed by atoms with E-state index in [1.807, 2.05) is 31.2 Å². The molecule has 142 valence electrons. The highest BCUT2D eigenvalue weighted by Crippen LogP contribution is 2.30. The molecule has 6 nitrogen and oxygen atoms in total. The second-order valence-electron chi connectivity index (χ2n) is 6.69. The number of methoxy groups -OCH3 is 1. The maximum absolute atomic E-state index is 12.8. The molecule has 1 heterocycles. The second kappa shape index (κ2) is 7.48. The number of nitrogen functional groups attached to an aromatic ring is 1. The summed E-state index contributed by atoms with van der Waals surface area (Å²) >= 11 is 6.08. The van der Waals surface area contributed by atoms with Gasteiger partial charge in [-0.25, -0.2) is 4.98 Å². The van der Waals surface area contributed by atoms with E-state index in [0.29, 0.717) is 22.0 Å². The lowest BCUT2D eigenvalue weighted by Crippen LogP contribution is -2.29. The summed E-state index contributed by atoms with van der Waals surface area (Å²) in [7, 11) is 1.49. The number of imidazole rings is 1. The van der Waals surface area contributed by atoms with Crippen molar-refractivity contribution in [3.05, 3.63) is 52.8 Å². The number of nitrogens with two attached hydrogens (primary N) is 1. The molecule has 0 aliphatic rings. The lowest BCUT2D eigenvalue weighted by molar-refractivity contribution is 0.0934. The molecule has 0 radical (unpaired) electrons. The molecule has 0 bridgehead atoms. The van der Waals surface area contributed by atoms with E-state index < -0.39 is 0 Å². The number of carbonyl (C=O) groups excluding carboxylic acids is 1. The van der Waals surface area contributed by atoms with Gasteiger partial charge in [-0.15, -0.1) is 0 Å². The fourth-order valence-corrected chi connectivity index (χ4v) is 3.33. The fourth-order valence-electron chi connectivity index (χ4n) is 3.17. The highest BCUT2D eigenvalue weighted by Gasteiger charge is 2.22. The maximum Gasteiger partial charge on any atom is 0.255 e. The van der Waals surface area contributed by atoms with Crippen LogP contribution in [0.25, 0.3) is 11.0 Å². The number of anilines is 1. The van der Waals surface area contributed by atoms with Crippen molar-refractivity contribution in [3.8, 4) is 5.75 Å². The lowest BCUT2D eigenvalue weighted by Gasteiger charge is -2.19. The Morgan fingerprint density at radius 2 is 1.96 bits per heavy atom. The van der Waals surface area contributed by atoms with Crippen molar-refractivity contribution in [2.45, 2.75) is 32.9 Å². The lowest BCUT2D eigenvalue weighted by atomic mass is 10.1. The summed E-state index contributed by atoms with van der Waals surface area (Å²) in [6, 6.07) is 10.9. The second-order valence-corrected chi connectivity index (χ2v) is 7.10. The van der Waals surface area contributed by atoms with Gasteiger partial charge in [-0.1, -0.05) is 23.7 Å². The molecule has 0 saturated heterocycles. The molecular weight excluding hydrogens is 364 g/mol. The van der Waals surface area contributed by atoms with E-state index in [1.165, 1.54) is 13.2 Å². The number of carbonyl (C=O) groups is 1. The largest absolute Gasteiger partial charge is 0.496 e. The summed E-state index contributed by atoms with van der Waals surface area (Å²) in [4.78, 5) is 17.6. The Hall–Kier alpha value is -2.73. The van der Waals surface area contributed by atoms with Crippen molar-refractivity contribution in [1.29, 1.82) is 0 Å². The Kier molecular flexibility index (Phi) is 5.28. The first-order valence-corrected chi connectivity index (χ1v) is 9.12. The summed E-state index contributed by atoms with van der Waals surface area (Å²) in [5.74, 6) is 0.864. The molecular formula is C20H23ClN4O2. The number of amides is 1. The minimum absolute atomic E-state index is 0.201.